The Morgan fingerprint density at radius 2 is 1.53 bits per heavy atom. The highest BCUT2D eigenvalue weighted by Gasteiger charge is 2.31. The molecule has 0 bridgehead atoms. The molecule has 0 atom stereocenters. The first kappa shape index (κ1) is 19.6. The number of aromatic amines is 1. The van der Waals surface area contributed by atoms with Gasteiger partial charge in [-0.2, -0.15) is 0 Å². The summed E-state index contributed by atoms with van der Waals surface area (Å²) < 4.78 is 41.7. The normalized spacial score (nSPS) is 11.6. The molecule has 0 amide bonds. The number of carboxylic acid groups (broad SMARTS) is 1. The quantitative estimate of drug-likeness (QED) is 0.422. The summed E-state index contributed by atoms with van der Waals surface area (Å²) in [5.74, 6) is -1.48. The number of carbonyl (C=O) groups is 1. The van der Waals surface area contributed by atoms with E-state index in [0.29, 0.717) is 22.2 Å². The highest BCUT2D eigenvalue weighted by molar-refractivity contribution is 5.94. The number of hydrogen-bond acceptors (Lipinski definition) is 2. The second-order valence-corrected chi connectivity index (χ2v) is 6.75. The lowest BCUT2D eigenvalue weighted by atomic mass is 9.99. The molecule has 4 aromatic rings. The number of nitrogens with one attached hydrogen (secondary N) is 1. The second-order valence-electron chi connectivity index (χ2n) is 6.75. The molecule has 0 unspecified atom stereocenters. The molecule has 2 N–H and O–H groups in total. The third-order valence-electron chi connectivity index (χ3n) is 4.72. The molecule has 0 radical (unpaired) electrons. The van der Waals surface area contributed by atoms with Crippen molar-refractivity contribution in [3.8, 4) is 28.1 Å². The standard InChI is InChI=1S/C23H16F3NO3/c24-23(25,26)30-17-10-11-20-18(12-17)19(13-21(28)29)22(27-20)16-8-6-15(7-9-16)14-4-2-1-3-5-14/h1-12,27H,13H2,(H,28,29). The summed E-state index contributed by atoms with van der Waals surface area (Å²) in [6.07, 6.45) is -5.17. The first-order chi connectivity index (χ1) is 14.3. The molecule has 7 heteroatoms. The first-order valence-electron chi connectivity index (χ1n) is 9.08. The monoisotopic (exact) mass is 411 g/mol. The molecule has 1 heterocycles. The molecule has 3 aromatic carbocycles. The Kier molecular flexibility index (Phi) is 4.95. The molecular weight excluding hydrogens is 395 g/mol. The van der Waals surface area contributed by atoms with Crippen LogP contribution in [0.25, 0.3) is 33.3 Å². The van der Waals surface area contributed by atoms with E-state index in [1.165, 1.54) is 18.2 Å². The molecule has 0 aliphatic rings. The number of rotatable bonds is 5. The van der Waals surface area contributed by atoms with Gasteiger partial charge in [0.05, 0.1) is 12.1 Å². The van der Waals surface area contributed by atoms with Crippen molar-refractivity contribution in [3.63, 3.8) is 0 Å². The summed E-state index contributed by atoms with van der Waals surface area (Å²) >= 11 is 0. The maximum atomic E-state index is 12.6. The molecule has 4 rings (SSSR count). The summed E-state index contributed by atoms with van der Waals surface area (Å²) in [7, 11) is 0. The number of hydrogen-bond donors (Lipinski definition) is 2. The van der Waals surface area contributed by atoms with Gasteiger partial charge in [0.2, 0.25) is 0 Å². The van der Waals surface area contributed by atoms with Gasteiger partial charge in [0, 0.05) is 10.9 Å². The SMILES string of the molecule is O=C(O)Cc1c(-c2ccc(-c3ccccc3)cc2)[nH]c2ccc(OC(F)(F)F)cc12. The van der Waals surface area contributed by atoms with Gasteiger partial charge >= 0.3 is 12.3 Å². The zero-order chi connectivity index (χ0) is 21.3. The number of aliphatic carboxylic acids is 1. The van der Waals surface area contributed by atoms with Crippen molar-refractivity contribution in [1.29, 1.82) is 0 Å². The lowest BCUT2D eigenvalue weighted by Crippen LogP contribution is -2.17. The first-order valence-corrected chi connectivity index (χ1v) is 9.08. The van der Waals surface area contributed by atoms with Crippen LogP contribution in [0, 0.1) is 0 Å². The smallest absolute Gasteiger partial charge is 0.481 e. The van der Waals surface area contributed by atoms with E-state index in [4.69, 9.17) is 0 Å². The fourth-order valence-corrected chi connectivity index (χ4v) is 3.47. The zero-order valence-electron chi connectivity index (χ0n) is 15.5. The molecule has 0 aliphatic carbocycles. The molecule has 0 spiro atoms. The summed E-state index contributed by atoms with van der Waals surface area (Å²) in [5, 5.41) is 9.72. The van der Waals surface area contributed by atoms with Crippen LogP contribution in [-0.2, 0) is 11.2 Å². The van der Waals surface area contributed by atoms with Gasteiger partial charge in [-0.25, -0.2) is 0 Å². The van der Waals surface area contributed by atoms with Gasteiger partial charge in [0.15, 0.2) is 0 Å². The van der Waals surface area contributed by atoms with Gasteiger partial charge in [0.1, 0.15) is 5.75 Å². The Balaban J connectivity index is 1.78. The Morgan fingerprint density at radius 1 is 0.900 bits per heavy atom. The highest BCUT2D eigenvalue weighted by Crippen LogP contribution is 2.35. The number of benzene rings is 3. The zero-order valence-corrected chi connectivity index (χ0v) is 15.5. The molecule has 0 saturated heterocycles. The van der Waals surface area contributed by atoms with Crippen molar-refractivity contribution < 1.29 is 27.8 Å². The lowest BCUT2D eigenvalue weighted by Gasteiger charge is -2.09. The average molecular weight is 411 g/mol. The van der Waals surface area contributed by atoms with Crippen LogP contribution in [0.3, 0.4) is 0 Å². The fraction of sp³-hybridized carbons (Fsp3) is 0.0870. The summed E-state index contributed by atoms with van der Waals surface area (Å²) in [6.45, 7) is 0. The van der Waals surface area contributed by atoms with Crippen LogP contribution in [0.2, 0.25) is 0 Å². The van der Waals surface area contributed by atoms with Gasteiger partial charge in [-0.05, 0) is 40.5 Å². The van der Waals surface area contributed by atoms with E-state index in [-0.39, 0.29) is 6.42 Å². The topological polar surface area (TPSA) is 62.3 Å². The van der Waals surface area contributed by atoms with Crippen molar-refractivity contribution in [1.82, 2.24) is 4.98 Å². The molecule has 0 aliphatic heterocycles. The number of carboxylic acids is 1. The number of fused-ring (bicyclic) bond motifs is 1. The van der Waals surface area contributed by atoms with Gasteiger partial charge in [0.25, 0.3) is 0 Å². The number of halogens is 3. The third-order valence-corrected chi connectivity index (χ3v) is 4.72. The molecule has 1 aromatic heterocycles. The minimum absolute atomic E-state index is 0.342. The van der Waals surface area contributed by atoms with E-state index in [9.17, 15) is 23.1 Å². The maximum absolute atomic E-state index is 12.6. The molecule has 4 nitrogen and oxygen atoms in total. The van der Waals surface area contributed by atoms with Crippen molar-refractivity contribution in [2.75, 3.05) is 0 Å². The van der Waals surface area contributed by atoms with E-state index in [1.807, 2.05) is 54.6 Å². The summed E-state index contributed by atoms with van der Waals surface area (Å²) in [5.41, 5.74) is 4.26. The highest BCUT2D eigenvalue weighted by atomic mass is 19.4. The average Bonchev–Trinajstić information content (AvgIpc) is 3.05. The summed E-state index contributed by atoms with van der Waals surface area (Å²) in [4.78, 5) is 14.6. The minimum Gasteiger partial charge on any atom is -0.481 e. The molecule has 0 fully saturated rings. The Morgan fingerprint density at radius 3 is 2.17 bits per heavy atom. The van der Waals surface area contributed by atoms with Crippen LogP contribution >= 0.6 is 0 Å². The fourth-order valence-electron chi connectivity index (χ4n) is 3.47. The third kappa shape index (κ3) is 4.15. The van der Waals surface area contributed by atoms with E-state index in [2.05, 4.69) is 9.72 Å². The predicted octanol–water partition coefficient (Wildman–Crippen LogP) is 6.03. The van der Waals surface area contributed by atoms with E-state index in [0.717, 1.165) is 16.7 Å². The number of H-pyrrole nitrogens is 1. The number of aromatic nitrogens is 1. The van der Waals surface area contributed by atoms with Crippen LogP contribution in [0.5, 0.6) is 5.75 Å². The van der Waals surface area contributed by atoms with Crippen molar-refractivity contribution >= 4 is 16.9 Å². The van der Waals surface area contributed by atoms with Crippen LogP contribution in [-0.4, -0.2) is 22.4 Å². The van der Waals surface area contributed by atoms with E-state index in [1.54, 1.807) is 0 Å². The van der Waals surface area contributed by atoms with Crippen molar-refractivity contribution in [2.24, 2.45) is 0 Å². The Labute approximate surface area is 169 Å². The van der Waals surface area contributed by atoms with Gasteiger partial charge in [-0.3, -0.25) is 4.79 Å². The molecule has 30 heavy (non-hydrogen) atoms. The predicted molar refractivity (Wildman–Crippen MR) is 107 cm³/mol. The number of alkyl halides is 3. The van der Waals surface area contributed by atoms with Gasteiger partial charge in [-0.15, -0.1) is 13.2 Å². The minimum atomic E-state index is -4.83. The number of ether oxygens (including phenoxy) is 1. The van der Waals surface area contributed by atoms with Gasteiger partial charge in [-0.1, -0.05) is 54.6 Å². The van der Waals surface area contributed by atoms with Crippen LogP contribution in [0.15, 0.2) is 72.8 Å². The Hall–Kier alpha value is -3.74. The largest absolute Gasteiger partial charge is 0.573 e. The Bertz CT molecular complexity index is 1200. The van der Waals surface area contributed by atoms with Crippen LogP contribution in [0.4, 0.5) is 13.2 Å². The van der Waals surface area contributed by atoms with Crippen LogP contribution in [0.1, 0.15) is 5.56 Å². The second kappa shape index (κ2) is 7.59. The maximum Gasteiger partial charge on any atom is 0.573 e. The molecular formula is C23H16F3NO3. The van der Waals surface area contributed by atoms with Crippen LogP contribution < -0.4 is 4.74 Å². The molecule has 152 valence electrons. The van der Waals surface area contributed by atoms with Crippen molar-refractivity contribution in [3.05, 3.63) is 78.4 Å². The lowest BCUT2D eigenvalue weighted by molar-refractivity contribution is -0.274. The van der Waals surface area contributed by atoms with E-state index >= 15 is 0 Å². The van der Waals surface area contributed by atoms with Gasteiger partial charge < -0.3 is 14.8 Å². The molecule has 0 saturated carbocycles. The summed E-state index contributed by atoms with van der Waals surface area (Å²) in [6, 6.07) is 21.2. The van der Waals surface area contributed by atoms with E-state index < -0.39 is 18.1 Å². The van der Waals surface area contributed by atoms with Crippen molar-refractivity contribution in [2.45, 2.75) is 12.8 Å².